The number of anilines is 1. The molecule has 0 atom stereocenters. The maximum absolute atomic E-state index is 11.8. The van der Waals surface area contributed by atoms with Crippen molar-refractivity contribution in [1.82, 2.24) is 5.32 Å². The topological polar surface area (TPSA) is 41.1 Å². The Hall–Kier alpha value is -1.16. The van der Waals surface area contributed by atoms with Crippen molar-refractivity contribution in [2.75, 3.05) is 5.32 Å². The van der Waals surface area contributed by atoms with Crippen LogP contribution in [-0.2, 0) is 0 Å². The van der Waals surface area contributed by atoms with Gasteiger partial charge in [0.15, 0.2) is 0 Å². The van der Waals surface area contributed by atoms with E-state index < -0.39 is 0 Å². The molecule has 0 radical (unpaired) electrons. The Bertz CT molecular complexity index is 445. The molecular formula is C16H24N2OS. The molecule has 1 aliphatic rings. The highest BCUT2D eigenvalue weighted by atomic mass is 32.2. The molecule has 0 aliphatic heterocycles. The summed E-state index contributed by atoms with van der Waals surface area (Å²) in [6, 6.07) is 7.97. The molecule has 20 heavy (non-hydrogen) atoms. The number of amides is 2. The van der Waals surface area contributed by atoms with Crippen molar-refractivity contribution in [3.63, 3.8) is 0 Å². The third-order valence-corrected chi connectivity index (χ3v) is 4.55. The first-order valence-electron chi connectivity index (χ1n) is 7.28. The molecule has 2 amide bonds. The van der Waals surface area contributed by atoms with E-state index in [2.05, 4.69) is 22.8 Å². The lowest BCUT2D eigenvalue weighted by atomic mass is 10.1. The number of benzene rings is 1. The fraction of sp³-hybridized carbons (Fsp3) is 0.562. The zero-order valence-electron chi connectivity index (χ0n) is 12.5. The summed E-state index contributed by atoms with van der Waals surface area (Å²) < 4.78 is 0. The van der Waals surface area contributed by atoms with Crippen LogP contribution < -0.4 is 10.6 Å². The summed E-state index contributed by atoms with van der Waals surface area (Å²) in [7, 11) is 0. The van der Waals surface area contributed by atoms with Crippen LogP contribution in [0, 0.1) is 0 Å². The average Bonchev–Trinajstić information content (AvgIpc) is 2.82. The minimum atomic E-state index is -0.220. The van der Waals surface area contributed by atoms with Gasteiger partial charge < -0.3 is 10.6 Å². The first-order valence-corrected chi connectivity index (χ1v) is 8.16. The Kier molecular flexibility index (Phi) is 4.97. The third kappa shape index (κ3) is 5.08. The van der Waals surface area contributed by atoms with Crippen molar-refractivity contribution in [3.8, 4) is 0 Å². The Morgan fingerprint density at radius 2 is 1.75 bits per heavy atom. The minimum Gasteiger partial charge on any atom is -0.333 e. The van der Waals surface area contributed by atoms with E-state index >= 15 is 0 Å². The maximum atomic E-state index is 11.8. The molecule has 4 heteroatoms. The lowest BCUT2D eigenvalue weighted by Crippen LogP contribution is -2.43. The van der Waals surface area contributed by atoms with Crippen LogP contribution in [0.3, 0.4) is 0 Å². The molecule has 0 saturated heterocycles. The number of urea groups is 1. The Morgan fingerprint density at radius 1 is 1.15 bits per heavy atom. The van der Waals surface area contributed by atoms with E-state index in [1.165, 1.54) is 30.6 Å². The number of nitrogens with one attached hydrogen (secondary N) is 2. The van der Waals surface area contributed by atoms with Gasteiger partial charge in [-0.1, -0.05) is 12.8 Å². The summed E-state index contributed by atoms with van der Waals surface area (Å²) in [6.07, 6.45) is 5.39. The molecule has 0 bridgehead atoms. The summed E-state index contributed by atoms with van der Waals surface area (Å²) in [5.74, 6) is 0. The molecule has 0 heterocycles. The Balaban J connectivity index is 1.86. The molecule has 1 fully saturated rings. The van der Waals surface area contributed by atoms with E-state index in [1.807, 2.05) is 44.7 Å². The molecule has 0 aromatic heterocycles. The van der Waals surface area contributed by atoms with Gasteiger partial charge in [0.2, 0.25) is 0 Å². The minimum absolute atomic E-state index is 0.159. The molecule has 0 spiro atoms. The van der Waals surface area contributed by atoms with Gasteiger partial charge >= 0.3 is 6.03 Å². The van der Waals surface area contributed by atoms with Crippen LogP contribution in [0.25, 0.3) is 0 Å². The van der Waals surface area contributed by atoms with Crippen molar-refractivity contribution in [3.05, 3.63) is 24.3 Å². The van der Waals surface area contributed by atoms with Crippen LogP contribution in [0.5, 0.6) is 0 Å². The van der Waals surface area contributed by atoms with E-state index in [9.17, 15) is 4.79 Å². The van der Waals surface area contributed by atoms with Gasteiger partial charge in [-0.15, -0.1) is 11.8 Å². The smallest absolute Gasteiger partial charge is 0.319 e. The predicted molar refractivity (Wildman–Crippen MR) is 86.5 cm³/mol. The van der Waals surface area contributed by atoms with Gasteiger partial charge in [0.05, 0.1) is 0 Å². The summed E-state index contributed by atoms with van der Waals surface area (Å²) in [5.41, 5.74) is 0.616. The predicted octanol–water partition coefficient (Wildman–Crippen LogP) is 4.64. The van der Waals surface area contributed by atoms with E-state index in [1.54, 1.807) is 0 Å². The molecular weight excluding hydrogens is 268 g/mol. The quantitative estimate of drug-likeness (QED) is 0.852. The normalized spacial score (nSPS) is 16.1. The molecule has 2 rings (SSSR count). The van der Waals surface area contributed by atoms with Gasteiger partial charge in [-0.3, -0.25) is 0 Å². The molecule has 2 N–H and O–H groups in total. The van der Waals surface area contributed by atoms with E-state index in [0.29, 0.717) is 0 Å². The van der Waals surface area contributed by atoms with Gasteiger partial charge in [-0.25, -0.2) is 4.79 Å². The second-order valence-electron chi connectivity index (χ2n) is 6.38. The number of thioether (sulfide) groups is 1. The zero-order chi connectivity index (χ0) is 14.6. The van der Waals surface area contributed by atoms with Gasteiger partial charge in [0.25, 0.3) is 0 Å². The van der Waals surface area contributed by atoms with Gasteiger partial charge in [0.1, 0.15) is 0 Å². The summed E-state index contributed by atoms with van der Waals surface area (Å²) in [4.78, 5) is 13.1. The zero-order valence-corrected chi connectivity index (χ0v) is 13.3. The first kappa shape index (κ1) is 15.2. The van der Waals surface area contributed by atoms with E-state index in [0.717, 1.165) is 10.9 Å². The van der Waals surface area contributed by atoms with Crippen LogP contribution in [0.4, 0.5) is 10.5 Å². The summed E-state index contributed by atoms with van der Waals surface area (Å²) in [6.45, 7) is 5.90. The van der Waals surface area contributed by atoms with Gasteiger partial charge in [-0.05, 0) is 57.9 Å². The number of hydrogen-bond acceptors (Lipinski definition) is 2. The molecule has 1 aromatic carbocycles. The molecule has 1 aliphatic carbocycles. The lowest BCUT2D eigenvalue weighted by molar-refractivity contribution is 0.244. The van der Waals surface area contributed by atoms with Crippen molar-refractivity contribution < 1.29 is 4.79 Å². The number of hydrogen-bond donors (Lipinski definition) is 2. The molecule has 0 unspecified atom stereocenters. The Labute approximate surface area is 125 Å². The van der Waals surface area contributed by atoms with Crippen LogP contribution in [0.15, 0.2) is 29.2 Å². The fourth-order valence-electron chi connectivity index (χ4n) is 2.32. The highest BCUT2D eigenvalue weighted by Gasteiger charge is 2.16. The second-order valence-corrected chi connectivity index (χ2v) is 7.75. The second kappa shape index (κ2) is 6.53. The van der Waals surface area contributed by atoms with Crippen molar-refractivity contribution >= 4 is 23.5 Å². The molecule has 1 saturated carbocycles. The lowest BCUT2D eigenvalue weighted by Gasteiger charge is -2.20. The molecule has 1 aromatic rings. The molecule has 3 nitrogen and oxygen atoms in total. The van der Waals surface area contributed by atoms with Crippen LogP contribution in [-0.4, -0.2) is 16.8 Å². The van der Waals surface area contributed by atoms with E-state index in [-0.39, 0.29) is 11.6 Å². The fourth-order valence-corrected chi connectivity index (χ4v) is 3.57. The van der Waals surface area contributed by atoms with Gasteiger partial charge in [-0.2, -0.15) is 0 Å². The number of carbonyl (C=O) groups excluding carboxylic acids is 1. The van der Waals surface area contributed by atoms with Crippen LogP contribution in [0.2, 0.25) is 0 Å². The molecule has 110 valence electrons. The van der Waals surface area contributed by atoms with Gasteiger partial charge in [0, 0.05) is 21.4 Å². The first-order chi connectivity index (χ1) is 9.42. The maximum Gasteiger partial charge on any atom is 0.319 e. The largest absolute Gasteiger partial charge is 0.333 e. The average molecular weight is 292 g/mol. The van der Waals surface area contributed by atoms with Crippen molar-refractivity contribution in [1.29, 1.82) is 0 Å². The summed E-state index contributed by atoms with van der Waals surface area (Å²) >= 11 is 1.96. The SMILES string of the molecule is CC(C)(C)NC(=O)Nc1ccc(SC2CCCC2)cc1. The summed E-state index contributed by atoms with van der Waals surface area (Å²) in [5, 5.41) is 6.52. The van der Waals surface area contributed by atoms with E-state index in [4.69, 9.17) is 0 Å². The standard InChI is InChI=1S/C16H24N2OS/c1-16(2,3)18-15(19)17-12-8-10-14(11-9-12)20-13-6-4-5-7-13/h8-11,13H,4-7H2,1-3H3,(H2,17,18,19). The van der Waals surface area contributed by atoms with Crippen LogP contribution >= 0.6 is 11.8 Å². The third-order valence-electron chi connectivity index (χ3n) is 3.21. The van der Waals surface area contributed by atoms with Crippen LogP contribution in [0.1, 0.15) is 46.5 Å². The number of rotatable bonds is 3. The highest BCUT2D eigenvalue weighted by Crippen LogP contribution is 2.34. The Morgan fingerprint density at radius 3 is 2.30 bits per heavy atom. The number of carbonyl (C=O) groups is 1. The highest BCUT2D eigenvalue weighted by molar-refractivity contribution is 8.00. The monoisotopic (exact) mass is 292 g/mol. The van der Waals surface area contributed by atoms with Crippen molar-refractivity contribution in [2.24, 2.45) is 0 Å². The van der Waals surface area contributed by atoms with Crippen molar-refractivity contribution in [2.45, 2.75) is 62.1 Å².